The molecule has 18 heavy (non-hydrogen) atoms. The topological polar surface area (TPSA) is 62.5 Å². The molecule has 0 aromatic carbocycles. The van der Waals surface area contributed by atoms with E-state index in [0.29, 0.717) is 12.3 Å². The first-order valence-electron chi connectivity index (χ1n) is 6.35. The molecular formula is C14H19NO3. The Kier molecular flexibility index (Phi) is 4.20. The van der Waals surface area contributed by atoms with Gasteiger partial charge in [-0.3, -0.25) is 4.79 Å². The van der Waals surface area contributed by atoms with Gasteiger partial charge in [0.1, 0.15) is 11.5 Å². The molecule has 1 aromatic heterocycles. The molecule has 0 radical (unpaired) electrons. The highest BCUT2D eigenvalue weighted by molar-refractivity contribution is 5.91. The number of furan rings is 1. The Morgan fingerprint density at radius 2 is 2.39 bits per heavy atom. The van der Waals surface area contributed by atoms with Crippen molar-refractivity contribution >= 4 is 12.0 Å². The minimum atomic E-state index is -0.262. The van der Waals surface area contributed by atoms with Crippen molar-refractivity contribution in [2.24, 2.45) is 5.92 Å². The van der Waals surface area contributed by atoms with E-state index in [-0.39, 0.29) is 17.9 Å². The molecule has 4 nitrogen and oxygen atoms in total. The molecule has 1 aromatic rings. The summed E-state index contributed by atoms with van der Waals surface area (Å²) in [7, 11) is 0. The summed E-state index contributed by atoms with van der Waals surface area (Å²) in [5.41, 5.74) is 0. The fourth-order valence-corrected chi connectivity index (χ4v) is 2.25. The number of carbonyl (C=O) groups excluding carboxylic acids is 1. The molecule has 2 N–H and O–H groups in total. The molecule has 1 heterocycles. The standard InChI is InChI=1S/C14H19NO3/c1-10-5-6-12(18-10)7-8-14(17)15-9-11-3-2-4-13(11)16/h5-8,11,13,16H,2-4,9H2,1H3,(H,15,17). The van der Waals surface area contributed by atoms with Gasteiger partial charge in [-0.25, -0.2) is 0 Å². The maximum Gasteiger partial charge on any atom is 0.244 e. The lowest BCUT2D eigenvalue weighted by atomic mass is 10.1. The number of rotatable bonds is 4. The second-order valence-electron chi connectivity index (χ2n) is 4.79. The largest absolute Gasteiger partial charge is 0.462 e. The molecular weight excluding hydrogens is 230 g/mol. The molecule has 1 fully saturated rings. The SMILES string of the molecule is Cc1ccc(C=CC(=O)NCC2CCCC2O)o1. The number of aliphatic hydroxyl groups is 1. The molecule has 2 rings (SSSR count). The predicted molar refractivity (Wildman–Crippen MR) is 68.8 cm³/mol. The first-order valence-corrected chi connectivity index (χ1v) is 6.35. The first kappa shape index (κ1) is 12.9. The van der Waals surface area contributed by atoms with Crippen LogP contribution in [0, 0.1) is 12.8 Å². The van der Waals surface area contributed by atoms with Crippen molar-refractivity contribution in [2.75, 3.05) is 6.54 Å². The van der Waals surface area contributed by atoms with Crippen molar-refractivity contribution < 1.29 is 14.3 Å². The average Bonchev–Trinajstić information content (AvgIpc) is 2.93. The molecule has 0 bridgehead atoms. The van der Waals surface area contributed by atoms with E-state index in [1.807, 2.05) is 19.1 Å². The summed E-state index contributed by atoms with van der Waals surface area (Å²) in [5, 5.41) is 12.4. The number of aryl methyl sites for hydroxylation is 1. The monoisotopic (exact) mass is 249 g/mol. The number of carbonyl (C=O) groups is 1. The number of amides is 1. The first-order chi connectivity index (χ1) is 8.65. The summed E-state index contributed by atoms with van der Waals surface area (Å²) in [6, 6.07) is 3.67. The highest BCUT2D eigenvalue weighted by Crippen LogP contribution is 2.24. The Bertz CT molecular complexity index is 436. The lowest BCUT2D eigenvalue weighted by Gasteiger charge is -2.13. The Morgan fingerprint density at radius 1 is 1.56 bits per heavy atom. The lowest BCUT2D eigenvalue weighted by Crippen LogP contribution is -2.31. The average molecular weight is 249 g/mol. The van der Waals surface area contributed by atoms with Crippen LogP contribution >= 0.6 is 0 Å². The van der Waals surface area contributed by atoms with Crippen LogP contribution in [0.25, 0.3) is 6.08 Å². The number of hydrogen-bond acceptors (Lipinski definition) is 3. The summed E-state index contributed by atoms with van der Waals surface area (Å²) < 4.78 is 5.32. The van der Waals surface area contributed by atoms with Gasteiger partial charge in [-0.2, -0.15) is 0 Å². The zero-order valence-corrected chi connectivity index (χ0v) is 10.6. The van der Waals surface area contributed by atoms with Gasteiger partial charge >= 0.3 is 0 Å². The quantitative estimate of drug-likeness (QED) is 0.801. The molecule has 1 aliphatic carbocycles. The molecule has 2 unspecified atom stereocenters. The van der Waals surface area contributed by atoms with Gasteiger partial charge in [0.05, 0.1) is 6.10 Å². The van der Waals surface area contributed by atoms with Crippen LogP contribution in [-0.2, 0) is 4.79 Å². The number of aliphatic hydroxyl groups excluding tert-OH is 1. The number of nitrogens with one attached hydrogen (secondary N) is 1. The summed E-state index contributed by atoms with van der Waals surface area (Å²) in [6.45, 7) is 2.40. The fourth-order valence-electron chi connectivity index (χ4n) is 2.25. The zero-order valence-electron chi connectivity index (χ0n) is 10.6. The van der Waals surface area contributed by atoms with Gasteiger partial charge < -0.3 is 14.8 Å². The second kappa shape index (κ2) is 5.87. The van der Waals surface area contributed by atoms with Gasteiger partial charge in [0.15, 0.2) is 0 Å². The molecule has 98 valence electrons. The Balaban J connectivity index is 1.76. The Hall–Kier alpha value is -1.55. The van der Waals surface area contributed by atoms with E-state index < -0.39 is 0 Å². The van der Waals surface area contributed by atoms with Crippen LogP contribution in [0.15, 0.2) is 22.6 Å². The second-order valence-corrected chi connectivity index (χ2v) is 4.79. The fraction of sp³-hybridized carbons (Fsp3) is 0.500. The summed E-state index contributed by atoms with van der Waals surface area (Å²) >= 11 is 0. The van der Waals surface area contributed by atoms with E-state index >= 15 is 0 Å². The molecule has 0 spiro atoms. The predicted octanol–water partition coefficient (Wildman–Crippen LogP) is 1.88. The Morgan fingerprint density at radius 3 is 3.00 bits per heavy atom. The van der Waals surface area contributed by atoms with Gasteiger partial charge in [-0.05, 0) is 38.0 Å². The third kappa shape index (κ3) is 3.47. The highest BCUT2D eigenvalue weighted by atomic mass is 16.3. The van der Waals surface area contributed by atoms with E-state index in [0.717, 1.165) is 25.0 Å². The van der Waals surface area contributed by atoms with Gasteiger partial charge in [0.25, 0.3) is 0 Å². The van der Waals surface area contributed by atoms with Crippen molar-refractivity contribution in [1.29, 1.82) is 0 Å². The van der Waals surface area contributed by atoms with Crippen LogP contribution in [0.1, 0.15) is 30.8 Å². The highest BCUT2D eigenvalue weighted by Gasteiger charge is 2.24. The van der Waals surface area contributed by atoms with Crippen molar-refractivity contribution in [1.82, 2.24) is 5.32 Å². The smallest absolute Gasteiger partial charge is 0.244 e. The molecule has 1 amide bonds. The maximum absolute atomic E-state index is 11.6. The minimum Gasteiger partial charge on any atom is -0.462 e. The van der Waals surface area contributed by atoms with Crippen LogP contribution in [0.3, 0.4) is 0 Å². The van der Waals surface area contributed by atoms with Crippen molar-refractivity contribution in [2.45, 2.75) is 32.3 Å². The van der Waals surface area contributed by atoms with Crippen LogP contribution in [-0.4, -0.2) is 23.7 Å². The number of hydrogen-bond donors (Lipinski definition) is 2. The zero-order chi connectivity index (χ0) is 13.0. The normalized spacial score (nSPS) is 23.7. The molecule has 1 aliphatic rings. The van der Waals surface area contributed by atoms with Crippen molar-refractivity contribution in [3.8, 4) is 0 Å². The van der Waals surface area contributed by atoms with Gasteiger partial charge in [-0.1, -0.05) is 6.42 Å². The van der Waals surface area contributed by atoms with E-state index in [2.05, 4.69) is 5.32 Å². The third-order valence-corrected chi connectivity index (χ3v) is 3.32. The van der Waals surface area contributed by atoms with Gasteiger partial charge in [0, 0.05) is 18.5 Å². The summed E-state index contributed by atoms with van der Waals surface area (Å²) in [6.07, 6.45) is 5.72. The van der Waals surface area contributed by atoms with E-state index in [1.54, 1.807) is 6.08 Å². The maximum atomic E-state index is 11.6. The third-order valence-electron chi connectivity index (χ3n) is 3.32. The van der Waals surface area contributed by atoms with Crippen molar-refractivity contribution in [3.05, 3.63) is 29.7 Å². The van der Waals surface area contributed by atoms with Crippen LogP contribution in [0.5, 0.6) is 0 Å². The van der Waals surface area contributed by atoms with E-state index in [9.17, 15) is 9.90 Å². The molecule has 1 saturated carbocycles. The van der Waals surface area contributed by atoms with E-state index in [4.69, 9.17) is 4.42 Å². The Labute approximate surface area is 107 Å². The van der Waals surface area contributed by atoms with E-state index in [1.165, 1.54) is 6.08 Å². The molecule has 4 heteroatoms. The minimum absolute atomic E-state index is 0.150. The lowest BCUT2D eigenvalue weighted by molar-refractivity contribution is -0.116. The summed E-state index contributed by atoms with van der Waals surface area (Å²) in [5.74, 6) is 1.55. The molecule has 0 aliphatic heterocycles. The molecule has 0 saturated heterocycles. The molecule has 2 atom stereocenters. The van der Waals surface area contributed by atoms with Crippen molar-refractivity contribution in [3.63, 3.8) is 0 Å². The van der Waals surface area contributed by atoms with Crippen LogP contribution < -0.4 is 5.32 Å². The van der Waals surface area contributed by atoms with Gasteiger partial charge in [0.2, 0.25) is 5.91 Å². The van der Waals surface area contributed by atoms with Gasteiger partial charge in [-0.15, -0.1) is 0 Å². The van der Waals surface area contributed by atoms with Crippen LogP contribution in [0.4, 0.5) is 0 Å². The van der Waals surface area contributed by atoms with Crippen LogP contribution in [0.2, 0.25) is 0 Å². The summed E-state index contributed by atoms with van der Waals surface area (Å²) in [4.78, 5) is 11.6.